The number of carbonyl (C=O) groups excluding carboxylic acids is 2. The van der Waals surface area contributed by atoms with Crippen LogP contribution in [-0.2, 0) is 11.2 Å². The highest BCUT2D eigenvalue weighted by molar-refractivity contribution is 7.10. The smallest absolute Gasteiger partial charge is 0.254 e. The number of thiophene rings is 1. The Bertz CT molecular complexity index is 1240. The van der Waals surface area contributed by atoms with Gasteiger partial charge in [0.25, 0.3) is 5.91 Å². The van der Waals surface area contributed by atoms with E-state index in [9.17, 15) is 9.59 Å². The third kappa shape index (κ3) is 5.04. The topological polar surface area (TPSA) is 68.3 Å². The minimum atomic E-state index is -0.196. The van der Waals surface area contributed by atoms with E-state index in [0.717, 1.165) is 24.2 Å². The number of amides is 2. The van der Waals surface area contributed by atoms with Crippen molar-refractivity contribution in [3.8, 4) is 17.2 Å². The van der Waals surface area contributed by atoms with Crippen LogP contribution in [0.5, 0.6) is 17.2 Å². The van der Waals surface area contributed by atoms with E-state index in [-0.39, 0.29) is 31.2 Å². The maximum Gasteiger partial charge on any atom is 0.254 e. The van der Waals surface area contributed by atoms with Crippen LogP contribution in [-0.4, -0.2) is 54.6 Å². The molecule has 0 unspecified atom stereocenters. The number of hydrogen-bond acceptors (Lipinski definition) is 6. The maximum atomic E-state index is 13.6. The fourth-order valence-electron chi connectivity index (χ4n) is 4.67. The van der Waals surface area contributed by atoms with Crippen molar-refractivity contribution in [2.45, 2.75) is 32.7 Å². The van der Waals surface area contributed by atoms with E-state index in [0.29, 0.717) is 36.8 Å². The van der Waals surface area contributed by atoms with Gasteiger partial charge in [-0.05, 0) is 67.1 Å². The van der Waals surface area contributed by atoms with Crippen molar-refractivity contribution in [1.29, 1.82) is 0 Å². The lowest BCUT2D eigenvalue weighted by molar-refractivity contribution is -0.135. The lowest BCUT2D eigenvalue weighted by Gasteiger charge is -2.37. The molecule has 0 aliphatic carbocycles. The molecule has 0 bridgehead atoms. The lowest BCUT2D eigenvalue weighted by Crippen LogP contribution is -2.48. The second kappa shape index (κ2) is 10.6. The van der Waals surface area contributed by atoms with Crippen LogP contribution in [0.25, 0.3) is 0 Å². The van der Waals surface area contributed by atoms with Gasteiger partial charge in [0.15, 0.2) is 11.5 Å². The van der Waals surface area contributed by atoms with Crippen LogP contribution in [0.15, 0.2) is 53.9 Å². The second-order valence-electron chi connectivity index (χ2n) is 9.07. The Morgan fingerprint density at radius 3 is 2.72 bits per heavy atom. The summed E-state index contributed by atoms with van der Waals surface area (Å²) in [7, 11) is 0. The van der Waals surface area contributed by atoms with Crippen molar-refractivity contribution in [3.05, 3.63) is 75.5 Å². The van der Waals surface area contributed by atoms with Gasteiger partial charge in [-0.2, -0.15) is 0 Å². The van der Waals surface area contributed by atoms with E-state index in [2.05, 4.69) is 11.4 Å². The number of carbonyl (C=O) groups is 2. The van der Waals surface area contributed by atoms with Crippen molar-refractivity contribution in [2.24, 2.45) is 0 Å². The summed E-state index contributed by atoms with van der Waals surface area (Å²) in [6, 6.07) is 15.0. The number of fused-ring (bicyclic) bond motifs is 2. The lowest BCUT2D eigenvalue weighted by atomic mass is 10.00. The van der Waals surface area contributed by atoms with E-state index in [1.807, 2.05) is 43.0 Å². The zero-order valence-electron chi connectivity index (χ0n) is 20.6. The first kappa shape index (κ1) is 24.2. The van der Waals surface area contributed by atoms with E-state index in [1.54, 1.807) is 34.4 Å². The molecule has 0 spiro atoms. The van der Waals surface area contributed by atoms with Crippen molar-refractivity contribution in [2.75, 3.05) is 33.0 Å². The number of hydrogen-bond donors (Lipinski definition) is 0. The Balaban J connectivity index is 1.32. The summed E-state index contributed by atoms with van der Waals surface area (Å²) in [5.74, 6) is 1.69. The highest BCUT2D eigenvalue weighted by atomic mass is 32.1. The van der Waals surface area contributed by atoms with E-state index >= 15 is 0 Å². The average Bonchev–Trinajstić information content (AvgIpc) is 3.56. The molecule has 2 aliphatic rings. The Labute approximate surface area is 215 Å². The van der Waals surface area contributed by atoms with Crippen LogP contribution in [0.4, 0.5) is 0 Å². The van der Waals surface area contributed by atoms with Gasteiger partial charge in [0, 0.05) is 23.5 Å². The van der Waals surface area contributed by atoms with Gasteiger partial charge in [0.1, 0.15) is 18.9 Å². The summed E-state index contributed by atoms with van der Waals surface area (Å²) in [5.41, 5.74) is 2.79. The molecule has 188 valence electrons. The number of benzene rings is 2. The first-order valence-electron chi connectivity index (χ1n) is 12.3. The molecule has 1 aromatic heterocycles. The largest absolute Gasteiger partial charge is 0.491 e. The SMILES string of the molecule is CCCN(CC(=O)N1CCc2sccc2[C@@H]1COc1ccc(C)cc1)C(=O)c1ccc2c(c1)OCO2. The standard InChI is InChI=1S/C28H30N2O5S/c1-3-12-29(28(32)20-6-9-24-25(15-20)35-18-34-24)16-27(31)30-13-10-26-22(11-14-36-26)23(30)17-33-21-7-4-19(2)5-8-21/h4-9,11,14-15,23H,3,10,12-13,16-18H2,1-2H3/t23-/m0/s1. The Kier molecular flexibility index (Phi) is 7.13. The normalized spacial score (nSPS) is 15.9. The molecule has 0 saturated carbocycles. The first-order valence-corrected chi connectivity index (χ1v) is 13.2. The van der Waals surface area contributed by atoms with Crippen molar-refractivity contribution >= 4 is 23.2 Å². The quantitative estimate of drug-likeness (QED) is 0.437. The van der Waals surface area contributed by atoms with Crippen LogP contribution in [0.1, 0.15) is 45.7 Å². The fourth-order valence-corrected chi connectivity index (χ4v) is 5.60. The minimum Gasteiger partial charge on any atom is -0.491 e. The molecule has 0 radical (unpaired) electrons. The predicted octanol–water partition coefficient (Wildman–Crippen LogP) is 4.84. The number of aryl methyl sites for hydroxylation is 1. The number of rotatable bonds is 8. The molecule has 1 atom stereocenters. The summed E-state index contributed by atoms with van der Waals surface area (Å²) in [5, 5.41) is 2.07. The minimum absolute atomic E-state index is 0.0155. The van der Waals surface area contributed by atoms with Gasteiger partial charge in [-0.15, -0.1) is 11.3 Å². The number of ether oxygens (including phenoxy) is 3. The van der Waals surface area contributed by atoms with Crippen LogP contribution in [0.3, 0.4) is 0 Å². The molecule has 3 aromatic rings. The van der Waals surface area contributed by atoms with Crippen LogP contribution in [0.2, 0.25) is 0 Å². The summed E-state index contributed by atoms with van der Waals surface area (Å²) in [4.78, 5) is 31.8. The zero-order valence-corrected chi connectivity index (χ0v) is 21.4. The molecule has 0 N–H and O–H groups in total. The molecular formula is C28H30N2O5S. The van der Waals surface area contributed by atoms with Crippen LogP contribution < -0.4 is 14.2 Å². The zero-order chi connectivity index (χ0) is 25.1. The highest BCUT2D eigenvalue weighted by Crippen LogP contribution is 2.35. The summed E-state index contributed by atoms with van der Waals surface area (Å²) in [6.45, 7) is 5.66. The summed E-state index contributed by atoms with van der Waals surface area (Å²) in [6.07, 6.45) is 1.56. The van der Waals surface area contributed by atoms with Gasteiger partial charge in [-0.3, -0.25) is 9.59 Å². The van der Waals surface area contributed by atoms with Crippen LogP contribution in [0, 0.1) is 6.92 Å². The Hall–Kier alpha value is -3.52. The molecule has 2 aromatic carbocycles. The van der Waals surface area contributed by atoms with Crippen LogP contribution >= 0.6 is 11.3 Å². The first-order chi connectivity index (χ1) is 17.5. The molecule has 2 aliphatic heterocycles. The Morgan fingerprint density at radius 2 is 1.92 bits per heavy atom. The fraction of sp³-hybridized carbons (Fsp3) is 0.357. The molecule has 8 heteroatoms. The molecule has 3 heterocycles. The van der Waals surface area contributed by atoms with Gasteiger partial charge >= 0.3 is 0 Å². The third-order valence-corrected chi connectivity index (χ3v) is 7.57. The summed E-state index contributed by atoms with van der Waals surface area (Å²) >= 11 is 1.72. The maximum absolute atomic E-state index is 13.6. The van der Waals surface area contributed by atoms with Gasteiger partial charge in [0.2, 0.25) is 12.7 Å². The van der Waals surface area contributed by atoms with Gasteiger partial charge in [-0.25, -0.2) is 0 Å². The van der Waals surface area contributed by atoms with Gasteiger partial charge < -0.3 is 24.0 Å². The second-order valence-corrected chi connectivity index (χ2v) is 10.1. The van der Waals surface area contributed by atoms with E-state index < -0.39 is 0 Å². The third-order valence-electron chi connectivity index (χ3n) is 6.57. The molecule has 36 heavy (non-hydrogen) atoms. The predicted molar refractivity (Wildman–Crippen MR) is 138 cm³/mol. The molecule has 0 saturated heterocycles. The molecule has 5 rings (SSSR count). The Morgan fingerprint density at radius 1 is 1.11 bits per heavy atom. The van der Waals surface area contributed by atoms with Crippen molar-refractivity contribution in [1.82, 2.24) is 9.80 Å². The molecule has 0 fully saturated rings. The van der Waals surface area contributed by atoms with Gasteiger partial charge in [0.05, 0.1) is 6.04 Å². The average molecular weight is 507 g/mol. The molecular weight excluding hydrogens is 476 g/mol. The van der Waals surface area contributed by atoms with E-state index in [4.69, 9.17) is 14.2 Å². The molecule has 7 nitrogen and oxygen atoms in total. The summed E-state index contributed by atoms with van der Waals surface area (Å²) < 4.78 is 16.9. The molecule has 2 amide bonds. The number of nitrogens with zero attached hydrogens (tertiary/aromatic N) is 2. The van der Waals surface area contributed by atoms with Crippen molar-refractivity contribution < 1.29 is 23.8 Å². The van der Waals surface area contributed by atoms with Gasteiger partial charge in [-0.1, -0.05) is 24.6 Å². The van der Waals surface area contributed by atoms with E-state index in [1.165, 1.54) is 10.4 Å². The highest BCUT2D eigenvalue weighted by Gasteiger charge is 2.33. The monoisotopic (exact) mass is 506 g/mol. The van der Waals surface area contributed by atoms with Crippen molar-refractivity contribution in [3.63, 3.8) is 0 Å².